The first-order valence-corrected chi connectivity index (χ1v) is 11.7. The third-order valence-corrected chi connectivity index (χ3v) is 6.50. The SMILES string of the molecule is CC(C)c1ccc(OC(=O)c2ccc(NC3=C(Cl)C(=O)N(C4CCCCC4)C3=O)cc2)cc1. The van der Waals surface area contributed by atoms with Crippen LogP contribution in [-0.2, 0) is 9.59 Å². The second-order valence-electron chi connectivity index (χ2n) is 8.78. The number of carbonyl (C=O) groups excluding carboxylic acids is 3. The molecule has 2 amide bonds. The lowest BCUT2D eigenvalue weighted by atomic mass is 9.94. The van der Waals surface area contributed by atoms with Gasteiger partial charge in [0.05, 0.1) is 5.56 Å². The van der Waals surface area contributed by atoms with Gasteiger partial charge in [0, 0.05) is 11.7 Å². The van der Waals surface area contributed by atoms with Gasteiger partial charge in [-0.15, -0.1) is 0 Å². The molecule has 172 valence electrons. The quantitative estimate of drug-likeness (QED) is 0.341. The van der Waals surface area contributed by atoms with Gasteiger partial charge in [-0.3, -0.25) is 14.5 Å². The molecule has 2 aliphatic rings. The van der Waals surface area contributed by atoms with Gasteiger partial charge >= 0.3 is 5.97 Å². The van der Waals surface area contributed by atoms with Crippen LogP contribution in [0.1, 0.15) is 67.8 Å². The van der Waals surface area contributed by atoms with Crippen LogP contribution in [0, 0.1) is 0 Å². The van der Waals surface area contributed by atoms with Crippen molar-refractivity contribution >= 4 is 35.1 Å². The molecule has 7 heteroatoms. The lowest BCUT2D eigenvalue weighted by Gasteiger charge is -2.29. The number of ether oxygens (including phenoxy) is 1. The number of rotatable bonds is 6. The normalized spacial score (nSPS) is 17.2. The summed E-state index contributed by atoms with van der Waals surface area (Å²) in [4.78, 5) is 39.3. The summed E-state index contributed by atoms with van der Waals surface area (Å²) in [6, 6.07) is 13.8. The number of anilines is 1. The van der Waals surface area contributed by atoms with E-state index in [4.69, 9.17) is 16.3 Å². The van der Waals surface area contributed by atoms with Gasteiger partial charge in [0.1, 0.15) is 16.5 Å². The van der Waals surface area contributed by atoms with E-state index < -0.39 is 17.8 Å². The summed E-state index contributed by atoms with van der Waals surface area (Å²) in [5.41, 5.74) is 2.16. The van der Waals surface area contributed by atoms with E-state index in [0.29, 0.717) is 22.9 Å². The maximum atomic E-state index is 12.9. The zero-order valence-electron chi connectivity index (χ0n) is 18.8. The molecule has 1 N–H and O–H groups in total. The second-order valence-corrected chi connectivity index (χ2v) is 9.15. The number of halogens is 1. The van der Waals surface area contributed by atoms with Crippen LogP contribution in [0.4, 0.5) is 5.69 Å². The molecule has 0 spiro atoms. The first-order valence-electron chi connectivity index (χ1n) is 11.3. The molecule has 0 bridgehead atoms. The Hall–Kier alpha value is -3.12. The highest BCUT2D eigenvalue weighted by molar-refractivity contribution is 6.48. The summed E-state index contributed by atoms with van der Waals surface area (Å²) in [6.07, 6.45) is 4.75. The van der Waals surface area contributed by atoms with Crippen molar-refractivity contribution in [3.63, 3.8) is 0 Å². The summed E-state index contributed by atoms with van der Waals surface area (Å²) in [7, 11) is 0. The lowest BCUT2D eigenvalue weighted by molar-refractivity contribution is -0.140. The van der Waals surface area contributed by atoms with Crippen LogP contribution in [0.25, 0.3) is 0 Å². The summed E-state index contributed by atoms with van der Waals surface area (Å²) >= 11 is 6.22. The molecule has 1 aliphatic carbocycles. The number of benzene rings is 2. The van der Waals surface area contributed by atoms with Crippen molar-refractivity contribution in [1.29, 1.82) is 0 Å². The molecule has 0 atom stereocenters. The molecule has 1 saturated carbocycles. The van der Waals surface area contributed by atoms with E-state index in [1.807, 2.05) is 12.1 Å². The third-order valence-electron chi connectivity index (χ3n) is 6.15. The highest BCUT2D eigenvalue weighted by Crippen LogP contribution is 2.32. The highest BCUT2D eigenvalue weighted by atomic mass is 35.5. The molecule has 33 heavy (non-hydrogen) atoms. The van der Waals surface area contributed by atoms with Gasteiger partial charge in [-0.25, -0.2) is 4.79 Å². The molecule has 0 unspecified atom stereocenters. The fourth-order valence-electron chi connectivity index (χ4n) is 4.22. The number of esters is 1. The molecule has 2 aromatic rings. The largest absolute Gasteiger partial charge is 0.423 e. The van der Waals surface area contributed by atoms with Gasteiger partial charge in [0.15, 0.2) is 0 Å². The smallest absolute Gasteiger partial charge is 0.343 e. The molecule has 2 aromatic carbocycles. The number of hydrogen-bond acceptors (Lipinski definition) is 5. The topological polar surface area (TPSA) is 75.7 Å². The molecule has 6 nitrogen and oxygen atoms in total. The van der Waals surface area contributed by atoms with Crippen molar-refractivity contribution in [2.24, 2.45) is 0 Å². The Bertz CT molecular complexity index is 1080. The fourth-order valence-corrected chi connectivity index (χ4v) is 4.44. The Kier molecular flexibility index (Phi) is 6.84. The van der Waals surface area contributed by atoms with Crippen molar-refractivity contribution in [2.45, 2.75) is 57.9 Å². The number of carbonyl (C=O) groups is 3. The molecule has 1 aliphatic heterocycles. The predicted octanol–water partition coefficient (Wildman–Crippen LogP) is 5.59. The number of imide groups is 1. The molecule has 0 radical (unpaired) electrons. The number of hydrogen-bond donors (Lipinski definition) is 1. The standard InChI is InChI=1S/C26H27ClN2O4/c1-16(2)17-10-14-21(15-11-17)33-26(32)18-8-12-19(13-9-18)28-23-22(27)24(30)29(25(23)31)20-6-4-3-5-7-20/h8-16,20,28H,3-7H2,1-2H3. The van der Waals surface area contributed by atoms with E-state index in [1.54, 1.807) is 36.4 Å². The van der Waals surface area contributed by atoms with Crippen molar-refractivity contribution < 1.29 is 19.1 Å². The minimum Gasteiger partial charge on any atom is -0.423 e. The Morgan fingerprint density at radius 3 is 2.21 bits per heavy atom. The van der Waals surface area contributed by atoms with E-state index in [-0.39, 0.29) is 16.8 Å². The van der Waals surface area contributed by atoms with Crippen molar-refractivity contribution in [3.8, 4) is 5.75 Å². The van der Waals surface area contributed by atoms with Gasteiger partial charge in [-0.1, -0.05) is 56.8 Å². The van der Waals surface area contributed by atoms with Crippen LogP contribution in [0.5, 0.6) is 5.75 Å². The van der Waals surface area contributed by atoms with Gasteiger partial charge in [-0.2, -0.15) is 0 Å². The maximum absolute atomic E-state index is 12.9. The second kappa shape index (κ2) is 9.79. The molecule has 0 saturated heterocycles. The van der Waals surface area contributed by atoms with Gasteiger partial charge in [-0.05, 0) is 60.7 Å². The summed E-state index contributed by atoms with van der Waals surface area (Å²) in [5, 5.41) is 2.86. The average Bonchev–Trinajstić information content (AvgIpc) is 3.03. The van der Waals surface area contributed by atoms with Crippen molar-refractivity contribution in [3.05, 3.63) is 70.4 Å². The fraction of sp³-hybridized carbons (Fsp3) is 0.346. The molecule has 1 fully saturated rings. The minimum atomic E-state index is -0.480. The third kappa shape index (κ3) is 4.96. The van der Waals surface area contributed by atoms with Crippen LogP contribution < -0.4 is 10.1 Å². The lowest BCUT2D eigenvalue weighted by Crippen LogP contribution is -2.42. The van der Waals surface area contributed by atoms with E-state index in [2.05, 4.69) is 19.2 Å². The summed E-state index contributed by atoms with van der Waals surface area (Å²) in [6.45, 7) is 4.20. The zero-order valence-corrected chi connectivity index (χ0v) is 19.5. The first kappa shape index (κ1) is 23.1. The van der Waals surface area contributed by atoms with E-state index >= 15 is 0 Å². The van der Waals surface area contributed by atoms with E-state index in [0.717, 1.165) is 32.1 Å². The Morgan fingerprint density at radius 1 is 0.970 bits per heavy atom. The Morgan fingerprint density at radius 2 is 1.61 bits per heavy atom. The van der Waals surface area contributed by atoms with Crippen molar-refractivity contribution in [1.82, 2.24) is 4.90 Å². The molecular formula is C26H27ClN2O4. The van der Waals surface area contributed by atoms with Crippen LogP contribution in [0.3, 0.4) is 0 Å². The Labute approximate surface area is 198 Å². The Balaban J connectivity index is 1.41. The summed E-state index contributed by atoms with van der Waals surface area (Å²) in [5.74, 6) is -0.451. The van der Waals surface area contributed by atoms with Crippen LogP contribution in [0.15, 0.2) is 59.3 Å². The van der Waals surface area contributed by atoms with E-state index in [1.165, 1.54) is 10.5 Å². The van der Waals surface area contributed by atoms with Gasteiger partial charge in [0.25, 0.3) is 11.8 Å². The molecule has 1 heterocycles. The summed E-state index contributed by atoms with van der Waals surface area (Å²) < 4.78 is 5.44. The van der Waals surface area contributed by atoms with Crippen LogP contribution in [0.2, 0.25) is 0 Å². The molecular weight excluding hydrogens is 440 g/mol. The highest BCUT2D eigenvalue weighted by Gasteiger charge is 2.42. The number of amides is 2. The minimum absolute atomic E-state index is 0.0767. The zero-order chi connectivity index (χ0) is 23.5. The first-order chi connectivity index (χ1) is 15.8. The predicted molar refractivity (Wildman–Crippen MR) is 127 cm³/mol. The number of nitrogens with zero attached hydrogens (tertiary/aromatic N) is 1. The number of nitrogens with one attached hydrogen (secondary N) is 1. The van der Waals surface area contributed by atoms with E-state index in [9.17, 15) is 14.4 Å². The molecule has 4 rings (SSSR count). The maximum Gasteiger partial charge on any atom is 0.343 e. The molecule has 0 aromatic heterocycles. The van der Waals surface area contributed by atoms with Crippen molar-refractivity contribution in [2.75, 3.05) is 5.32 Å². The van der Waals surface area contributed by atoms with Gasteiger partial charge < -0.3 is 10.1 Å². The van der Waals surface area contributed by atoms with Gasteiger partial charge in [0.2, 0.25) is 0 Å². The van der Waals surface area contributed by atoms with Crippen LogP contribution in [-0.4, -0.2) is 28.7 Å². The van der Waals surface area contributed by atoms with Crippen LogP contribution >= 0.6 is 11.6 Å². The average molecular weight is 467 g/mol. The monoisotopic (exact) mass is 466 g/mol.